The molecule has 1 fully saturated rings. The Hall–Kier alpha value is -1.43. The standard InChI is InChI=1S/C15H19FN2O2/c16-11-4-5-14-10(7-11)8-15(20-14)13(18-17)9-12-3-1-2-6-19-12/h4-5,7-8,12-13,18H,1-3,6,9,17H2. The average Bonchev–Trinajstić information content (AvgIpc) is 2.88. The molecule has 0 aliphatic carbocycles. The lowest BCUT2D eigenvalue weighted by molar-refractivity contribution is 0.00380. The number of hydrazine groups is 1. The number of hydrogen-bond acceptors (Lipinski definition) is 4. The first-order valence-corrected chi connectivity index (χ1v) is 7.03. The van der Waals surface area contributed by atoms with E-state index in [1.165, 1.54) is 18.6 Å². The van der Waals surface area contributed by atoms with Crippen molar-refractivity contribution in [2.45, 2.75) is 37.8 Å². The summed E-state index contributed by atoms with van der Waals surface area (Å²) in [7, 11) is 0. The third kappa shape index (κ3) is 2.85. The van der Waals surface area contributed by atoms with E-state index >= 15 is 0 Å². The highest BCUT2D eigenvalue weighted by atomic mass is 19.1. The van der Waals surface area contributed by atoms with E-state index in [0.717, 1.165) is 37.0 Å². The Morgan fingerprint density at radius 1 is 1.35 bits per heavy atom. The van der Waals surface area contributed by atoms with Crippen LogP contribution in [0.1, 0.15) is 37.5 Å². The van der Waals surface area contributed by atoms with Crippen molar-refractivity contribution in [3.63, 3.8) is 0 Å². The quantitative estimate of drug-likeness (QED) is 0.666. The summed E-state index contributed by atoms with van der Waals surface area (Å²) in [6.45, 7) is 0.813. The third-order valence-electron chi connectivity index (χ3n) is 3.81. The Bertz CT molecular complexity index is 578. The Morgan fingerprint density at radius 3 is 3.00 bits per heavy atom. The fourth-order valence-electron chi connectivity index (χ4n) is 2.73. The van der Waals surface area contributed by atoms with Gasteiger partial charge < -0.3 is 9.15 Å². The molecule has 0 spiro atoms. The number of nitrogens with two attached hydrogens (primary N) is 1. The van der Waals surface area contributed by atoms with E-state index in [-0.39, 0.29) is 18.0 Å². The molecule has 1 aromatic carbocycles. The third-order valence-corrected chi connectivity index (χ3v) is 3.81. The lowest BCUT2D eigenvalue weighted by Crippen LogP contribution is -2.32. The van der Waals surface area contributed by atoms with Crippen molar-refractivity contribution >= 4 is 11.0 Å². The molecule has 4 nitrogen and oxygen atoms in total. The van der Waals surface area contributed by atoms with Gasteiger partial charge in [0.15, 0.2) is 0 Å². The van der Waals surface area contributed by atoms with E-state index in [1.54, 1.807) is 6.07 Å². The summed E-state index contributed by atoms with van der Waals surface area (Å²) in [6.07, 6.45) is 4.33. The minimum atomic E-state index is -0.266. The lowest BCUT2D eigenvalue weighted by Gasteiger charge is -2.25. The highest BCUT2D eigenvalue weighted by Gasteiger charge is 2.22. The van der Waals surface area contributed by atoms with Crippen LogP contribution in [0.25, 0.3) is 11.0 Å². The number of halogens is 1. The van der Waals surface area contributed by atoms with Gasteiger partial charge in [-0.3, -0.25) is 5.84 Å². The summed E-state index contributed by atoms with van der Waals surface area (Å²) in [5.74, 6) is 6.09. The van der Waals surface area contributed by atoms with E-state index < -0.39 is 0 Å². The van der Waals surface area contributed by atoms with Gasteiger partial charge in [0.05, 0.1) is 12.1 Å². The first-order valence-electron chi connectivity index (χ1n) is 7.03. The fourth-order valence-corrected chi connectivity index (χ4v) is 2.73. The van der Waals surface area contributed by atoms with Gasteiger partial charge in [-0.25, -0.2) is 9.82 Å². The van der Waals surface area contributed by atoms with Crippen molar-refractivity contribution in [2.75, 3.05) is 6.61 Å². The second-order valence-corrected chi connectivity index (χ2v) is 5.27. The van der Waals surface area contributed by atoms with Crippen LogP contribution in [0.3, 0.4) is 0 Å². The number of furan rings is 1. The first kappa shape index (κ1) is 13.5. The maximum atomic E-state index is 13.2. The number of hydrogen-bond donors (Lipinski definition) is 2. The predicted octanol–water partition coefficient (Wildman–Crippen LogP) is 3.04. The molecule has 0 bridgehead atoms. The van der Waals surface area contributed by atoms with Gasteiger partial charge in [-0.05, 0) is 49.9 Å². The van der Waals surface area contributed by atoms with Crippen LogP contribution in [0.15, 0.2) is 28.7 Å². The van der Waals surface area contributed by atoms with Gasteiger partial charge in [0, 0.05) is 12.0 Å². The van der Waals surface area contributed by atoms with Crippen molar-refractivity contribution in [3.8, 4) is 0 Å². The highest BCUT2D eigenvalue weighted by molar-refractivity contribution is 5.78. The Labute approximate surface area is 117 Å². The van der Waals surface area contributed by atoms with Crippen LogP contribution >= 0.6 is 0 Å². The van der Waals surface area contributed by atoms with E-state index in [9.17, 15) is 4.39 Å². The summed E-state index contributed by atoms with van der Waals surface area (Å²) >= 11 is 0. The van der Waals surface area contributed by atoms with Gasteiger partial charge in [0.1, 0.15) is 17.2 Å². The lowest BCUT2D eigenvalue weighted by atomic mass is 10.0. The van der Waals surface area contributed by atoms with E-state index in [2.05, 4.69) is 5.43 Å². The SMILES string of the molecule is NNC(CC1CCCCO1)c1cc2cc(F)ccc2o1. The first-order chi connectivity index (χ1) is 9.76. The molecule has 1 aromatic heterocycles. The average molecular weight is 278 g/mol. The molecule has 3 N–H and O–H groups in total. The van der Waals surface area contributed by atoms with Crippen LogP contribution in [0, 0.1) is 5.82 Å². The van der Waals surface area contributed by atoms with E-state index in [0.29, 0.717) is 5.58 Å². The molecule has 2 unspecified atom stereocenters. The highest BCUT2D eigenvalue weighted by Crippen LogP contribution is 2.29. The smallest absolute Gasteiger partial charge is 0.134 e. The normalized spacial score (nSPS) is 21.2. The molecular formula is C15H19FN2O2. The minimum absolute atomic E-state index is 0.117. The molecule has 20 heavy (non-hydrogen) atoms. The zero-order valence-corrected chi connectivity index (χ0v) is 11.3. The number of fused-ring (bicyclic) bond motifs is 1. The summed E-state index contributed by atoms with van der Waals surface area (Å²) in [6, 6.07) is 6.22. The molecule has 1 aliphatic rings. The fraction of sp³-hybridized carbons (Fsp3) is 0.467. The molecule has 1 aliphatic heterocycles. The Kier molecular flexibility index (Phi) is 4.00. The van der Waals surface area contributed by atoms with Crippen molar-refractivity contribution in [2.24, 2.45) is 5.84 Å². The Morgan fingerprint density at radius 2 is 2.25 bits per heavy atom. The van der Waals surface area contributed by atoms with Gasteiger partial charge in [0.25, 0.3) is 0 Å². The van der Waals surface area contributed by atoms with Gasteiger partial charge in [0.2, 0.25) is 0 Å². The molecular weight excluding hydrogens is 259 g/mol. The second-order valence-electron chi connectivity index (χ2n) is 5.27. The van der Waals surface area contributed by atoms with Crippen LogP contribution in [-0.2, 0) is 4.74 Å². The number of rotatable bonds is 4. The molecule has 2 atom stereocenters. The molecule has 3 rings (SSSR count). The predicted molar refractivity (Wildman–Crippen MR) is 74.4 cm³/mol. The molecule has 0 saturated carbocycles. The van der Waals surface area contributed by atoms with Crippen molar-refractivity contribution in [1.29, 1.82) is 0 Å². The van der Waals surface area contributed by atoms with Crippen LogP contribution in [-0.4, -0.2) is 12.7 Å². The molecule has 108 valence electrons. The van der Waals surface area contributed by atoms with Crippen LogP contribution < -0.4 is 11.3 Å². The van der Waals surface area contributed by atoms with E-state index in [1.807, 2.05) is 6.07 Å². The number of nitrogens with one attached hydrogen (secondary N) is 1. The molecule has 5 heteroatoms. The van der Waals surface area contributed by atoms with Crippen molar-refractivity contribution in [1.82, 2.24) is 5.43 Å². The zero-order valence-electron chi connectivity index (χ0n) is 11.3. The second kappa shape index (κ2) is 5.91. The van der Waals surface area contributed by atoms with Crippen LogP contribution in [0.5, 0.6) is 0 Å². The molecule has 1 saturated heterocycles. The summed E-state index contributed by atoms with van der Waals surface area (Å²) in [5, 5.41) is 0.754. The van der Waals surface area contributed by atoms with Gasteiger partial charge >= 0.3 is 0 Å². The van der Waals surface area contributed by atoms with Crippen molar-refractivity contribution < 1.29 is 13.5 Å². The molecule has 2 aromatic rings. The van der Waals surface area contributed by atoms with Crippen LogP contribution in [0.2, 0.25) is 0 Å². The largest absolute Gasteiger partial charge is 0.459 e. The zero-order chi connectivity index (χ0) is 13.9. The summed E-state index contributed by atoms with van der Waals surface area (Å²) in [5.41, 5.74) is 3.45. The number of benzene rings is 1. The molecule has 0 amide bonds. The summed E-state index contributed by atoms with van der Waals surface area (Å²) in [4.78, 5) is 0. The maximum absolute atomic E-state index is 13.2. The molecule has 0 radical (unpaired) electrons. The number of ether oxygens (including phenoxy) is 1. The minimum Gasteiger partial charge on any atom is -0.459 e. The van der Waals surface area contributed by atoms with Crippen molar-refractivity contribution in [3.05, 3.63) is 35.8 Å². The topological polar surface area (TPSA) is 60.4 Å². The molecule has 2 heterocycles. The van der Waals surface area contributed by atoms with Crippen LogP contribution in [0.4, 0.5) is 4.39 Å². The monoisotopic (exact) mass is 278 g/mol. The summed E-state index contributed by atoms with van der Waals surface area (Å²) < 4.78 is 24.7. The van der Waals surface area contributed by atoms with Gasteiger partial charge in [-0.1, -0.05) is 0 Å². The maximum Gasteiger partial charge on any atom is 0.134 e. The Balaban J connectivity index is 1.79. The van der Waals surface area contributed by atoms with E-state index in [4.69, 9.17) is 15.0 Å². The van der Waals surface area contributed by atoms with Gasteiger partial charge in [-0.2, -0.15) is 0 Å². The van der Waals surface area contributed by atoms with Gasteiger partial charge in [-0.15, -0.1) is 0 Å².